The van der Waals surface area contributed by atoms with Gasteiger partial charge in [0.25, 0.3) is 0 Å². The second-order valence-corrected chi connectivity index (χ2v) is 14.7. The third-order valence-corrected chi connectivity index (χ3v) is 13.4. The second-order valence-electron chi connectivity index (χ2n) is 8.83. The summed E-state index contributed by atoms with van der Waals surface area (Å²) in [6.45, 7) is 17.2. The summed E-state index contributed by atoms with van der Waals surface area (Å²) in [5.41, 5.74) is 1.17. The van der Waals surface area contributed by atoms with Crippen molar-refractivity contribution in [1.29, 1.82) is 0 Å². The summed E-state index contributed by atoms with van der Waals surface area (Å²) >= 11 is 0. The Bertz CT molecular complexity index is 746. The summed E-state index contributed by atoms with van der Waals surface area (Å²) in [7, 11) is -2.19. The van der Waals surface area contributed by atoms with E-state index < -0.39 is 14.2 Å². The Hall–Kier alpha value is -2.14. The van der Waals surface area contributed by atoms with Crippen LogP contribution in [0, 0.1) is 0 Å². The van der Waals surface area contributed by atoms with E-state index in [0.717, 1.165) is 5.20 Å². The number of carbonyl (C=O) groups excluding carboxylic acids is 2. The normalized spacial score (nSPS) is 17.7. The molecule has 1 aromatic carbocycles. The molecular weight excluding hydrogens is 378 g/mol. The third kappa shape index (κ3) is 4.55. The molecule has 0 saturated carbocycles. The molecule has 0 saturated heterocycles. The van der Waals surface area contributed by atoms with E-state index in [1.165, 1.54) is 0 Å². The van der Waals surface area contributed by atoms with E-state index in [0.29, 0.717) is 35.2 Å². The largest absolute Gasteiger partial charge is 0.419 e. The first kappa shape index (κ1) is 23.1. The number of hydrogen-bond donors (Lipinski definition) is 0. The minimum absolute atomic E-state index is 0.184. The minimum Gasteiger partial charge on any atom is -0.410 e. The van der Waals surface area contributed by atoms with Gasteiger partial charge in [0.1, 0.15) is 13.8 Å². The minimum atomic E-state index is -2.19. The molecule has 0 radical (unpaired) electrons. The SMILES string of the molecule is C=CCC1CC(=O)C([Si](C(C)C)(C(C)C)C(C)C)=CN1C(=O)Oc1ccccc1. The third-order valence-electron chi connectivity index (χ3n) is 6.31. The van der Waals surface area contributed by atoms with Crippen molar-refractivity contribution in [3.05, 3.63) is 54.4 Å². The van der Waals surface area contributed by atoms with Crippen LogP contribution in [0.3, 0.4) is 0 Å². The number of ketones is 1. The molecule has 1 aromatic rings. The van der Waals surface area contributed by atoms with Gasteiger partial charge in [-0.3, -0.25) is 9.69 Å². The first-order valence-corrected chi connectivity index (χ1v) is 12.8. The number of rotatable bonds is 7. The number of para-hydroxylation sites is 1. The lowest BCUT2D eigenvalue weighted by Crippen LogP contribution is -2.53. The van der Waals surface area contributed by atoms with E-state index in [1.54, 1.807) is 23.1 Å². The number of benzene rings is 1. The first-order valence-electron chi connectivity index (χ1n) is 10.6. The highest BCUT2D eigenvalue weighted by atomic mass is 28.3. The fraction of sp³-hybridized carbons (Fsp3) is 0.500. The van der Waals surface area contributed by atoms with Crippen LogP contribution >= 0.6 is 0 Å². The number of allylic oxidation sites excluding steroid dienone is 1. The Morgan fingerprint density at radius 2 is 1.69 bits per heavy atom. The summed E-state index contributed by atoms with van der Waals surface area (Å²) < 4.78 is 5.62. The van der Waals surface area contributed by atoms with Crippen LogP contribution in [0.4, 0.5) is 4.79 Å². The molecule has 1 heterocycles. The standard InChI is InChI=1S/C24H35NO3Si/c1-8-12-20-15-22(26)23(29(17(2)3,18(4)5)19(6)7)16-25(20)24(27)28-21-13-10-9-11-14-21/h8-11,13-14,16-20H,1,12,15H2,2-7H3. The molecule has 0 aliphatic carbocycles. The molecule has 2 rings (SSSR count). The van der Waals surface area contributed by atoms with E-state index in [2.05, 4.69) is 48.1 Å². The van der Waals surface area contributed by atoms with Crippen molar-refractivity contribution in [2.45, 2.75) is 77.0 Å². The molecule has 1 aliphatic heterocycles. The van der Waals surface area contributed by atoms with Crippen molar-refractivity contribution in [2.75, 3.05) is 0 Å². The summed E-state index contributed by atoms with van der Waals surface area (Å²) in [4.78, 5) is 28.0. The molecule has 1 amide bonds. The Labute approximate surface area is 176 Å². The van der Waals surface area contributed by atoms with Crippen molar-refractivity contribution in [1.82, 2.24) is 4.90 Å². The fourth-order valence-corrected chi connectivity index (χ4v) is 12.1. The molecule has 1 aliphatic rings. The topological polar surface area (TPSA) is 46.6 Å². The molecule has 0 fully saturated rings. The van der Waals surface area contributed by atoms with Crippen LogP contribution in [0.5, 0.6) is 5.75 Å². The molecule has 0 bridgehead atoms. The summed E-state index contributed by atoms with van der Waals surface area (Å²) in [5, 5.41) is 0.878. The first-order chi connectivity index (χ1) is 13.7. The molecule has 1 atom stereocenters. The summed E-state index contributed by atoms with van der Waals surface area (Å²) in [5.74, 6) is 0.685. The van der Waals surface area contributed by atoms with Gasteiger partial charge >= 0.3 is 6.09 Å². The molecule has 0 aromatic heterocycles. The molecule has 158 valence electrons. The lowest BCUT2D eigenvalue weighted by atomic mass is 10.0. The van der Waals surface area contributed by atoms with E-state index in [9.17, 15) is 9.59 Å². The van der Waals surface area contributed by atoms with Crippen LogP contribution in [-0.2, 0) is 4.79 Å². The molecular formula is C24H35NO3Si. The van der Waals surface area contributed by atoms with Crippen molar-refractivity contribution in [3.8, 4) is 5.75 Å². The van der Waals surface area contributed by atoms with Gasteiger partial charge in [0.05, 0.1) is 6.04 Å². The zero-order chi connectivity index (χ0) is 21.8. The Balaban J connectivity index is 2.53. The van der Waals surface area contributed by atoms with E-state index in [-0.39, 0.29) is 11.8 Å². The average molecular weight is 414 g/mol. The molecule has 29 heavy (non-hydrogen) atoms. The van der Waals surface area contributed by atoms with Gasteiger partial charge in [0.2, 0.25) is 0 Å². The maximum Gasteiger partial charge on any atom is 0.419 e. The Kier molecular flexibility index (Phi) is 7.64. The maximum absolute atomic E-state index is 13.3. The van der Waals surface area contributed by atoms with Crippen molar-refractivity contribution >= 4 is 20.0 Å². The lowest BCUT2D eigenvalue weighted by Gasteiger charge is -2.47. The van der Waals surface area contributed by atoms with Crippen molar-refractivity contribution in [3.63, 3.8) is 0 Å². The smallest absolute Gasteiger partial charge is 0.410 e. The number of ether oxygens (including phenoxy) is 1. The van der Waals surface area contributed by atoms with Gasteiger partial charge in [-0.25, -0.2) is 4.79 Å². The van der Waals surface area contributed by atoms with Gasteiger partial charge in [-0.15, -0.1) is 6.58 Å². The van der Waals surface area contributed by atoms with Gasteiger partial charge < -0.3 is 4.74 Å². The Morgan fingerprint density at radius 3 is 2.17 bits per heavy atom. The van der Waals surface area contributed by atoms with E-state index >= 15 is 0 Å². The number of nitrogens with zero attached hydrogens (tertiary/aromatic N) is 1. The highest BCUT2D eigenvalue weighted by molar-refractivity contribution is 6.93. The molecule has 4 nitrogen and oxygen atoms in total. The fourth-order valence-electron chi connectivity index (χ4n) is 5.26. The van der Waals surface area contributed by atoms with Crippen LogP contribution in [0.15, 0.2) is 54.4 Å². The Morgan fingerprint density at radius 1 is 1.14 bits per heavy atom. The van der Waals surface area contributed by atoms with Gasteiger partial charge in [0.15, 0.2) is 5.78 Å². The second kappa shape index (κ2) is 9.57. The van der Waals surface area contributed by atoms with Crippen LogP contribution in [0.2, 0.25) is 16.6 Å². The molecule has 1 unspecified atom stereocenters. The van der Waals surface area contributed by atoms with E-state index in [1.807, 2.05) is 24.4 Å². The number of hydrogen-bond acceptors (Lipinski definition) is 3. The van der Waals surface area contributed by atoms with Crippen LogP contribution in [-0.4, -0.2) is 30.9 Å². The lowest BCUT2D eigenvalue weighted by molar-refractivity contribution is -0.116. The van der Waals surface area contributed by atoms with Crippen LogP contribution < -0.4 is 4.74 Å². The predicted molar refractivity (Wildman–Crippen MR) is 122 cm³/mol. The molecule has 0 spiro atoms. The number of Topliss-reactive ketones (excluding diaryl/α,β-unsaturated/α-hetero) is 1. The maximum atomic E-state index is 13.3. The van der Waals surface area contributed by atoms with Crippen LogP contribution in [0.1, 0.15) is 54.4 Å². The van der Waals surface area contributed by atoms with Gasteiger partial charge in [-0.2, -0.15) is 0 Å². The summed E-state index contributed by atoms with van der Waals surface area (Å²) in [6.07, 6.45) is 4.03. The highest BCUT2D eigenvalue weighted by Crippen LogP contribution is 2.48. The zero-order valence-electron chi connectivity index (χ0n) is 18.6. The van der Waals surface area contributed by atoms with Crippen molar-refractivity contribution < 1.29 is 14.3 Å². The molecule has 5 heteroatoms. The number of amides is 1. The molecule has 0 N–H and O–H groups in total. The van der Waals surface area contributed by atoms with E-state index in [4.69, 9.17) is 4.74 Å². The van der Waals surface area contributed by atoms with Gasteiger partial charge in [0, 0.05) is 12.6 Å². The quantitative estimate of drug-likeness (QED) is 0.378. The van der Waals surface area contributed by atoms with Crippen LogP contribution in [0.25, 0.3) is 0 Å². The predicted octanol–water partition coefficient (Wildman–Crippen LogP) is 6.51. The van der Waals surface area contributed by atoms with Crippen molar-refractivity contribution in [2.24, 2.45) is 0 Å². The monoisotopic (exact) mass is 413 g/mol. The average Bonchev–Trinajstić information content (AvgIpc) is 2.64. The van der Waals surface area contributed by atoms with Gasteiger partial charge in [-0.05, 0) is 40.4 Å². The highest BCUT2D eigenvalue weighted by Gasteiger charge is 2.50. The zero-order valence-corrected chi connectivity index (χ0v) is 19.6. The van der Waals surface area contributed by atoms with Gasteiger partial charge in [-0.1, -0.05) is 65.8 Å². The number of carbonyl (C=O) groups is 2. The summed E-state index contributed by atoms with van der Waals surface area (Å²) in [6, 6.07) is 8.81.